The molecule has 0 bridgehead atoms. The molecule has 0 unspecified atom stereocenters. The van der Waals surface area contributed by atoms with Gasteiger partial charge in [-0.05, 0) is 24.6 Å². The summed E-state index contributed by atoms with van der Waals surface area (Å²) in [5.74, 6) is 0. The molecular formula is C14H15NO2Si3. The summed E-state index contributed by atoms with van der Waals surface area (Å²) >= 11 is 0. The van der Waals surface area contributed by atoms with Crippen molar-refractivity contribution >= 4 is 48.1 Å². The van der Waals surface area contributed by atoms with Gasteiger partial charge in [0.05, 0.1) is 11.0 Å². The fourth-order valence-corrected chi connectivity index (χ4v) is 7.35. The van der Waals surface area contributed by atoms with Crippen LogP contribution in [-0.4, -0.2) is 31.3 Å². The summed E-state index contributed by atoms with van der Waals surface area (Å²) in [4.78, 5) is 4.64. The van der Waals surface area contributed by atoms with E-state index in [1.54, 1.807) is 0 Å². The van der Waals surface area contributed by atoms with Crippen LogP contribution >= 0.6 is 0 Å². The van der Waals surface area contributed by atoms with Gasteiger partial charge in [-0.25, -0.2) is 4.98 Å². The van der Waals surface area contributed by atoms with Gasteiger partial charge in [-0.2, -0.15) is 0 Å². The number of hydrogen-bond donors (Lipinski definition) is 0. The van der Waals surface area contributed by atoms with Crippen LogP contribution < -0.4 is 0 Å². The van der Waals surface area contributed by atoms with Crippen LogP contribution in [0.25, 0.3) is 21.8 Å². The van der Waals surface area contributed by atoms with Gasteiger partial charge in [0.2, 0.25) is 18.1 Å². The lowest BCUT2D eigenvalue weighted by molar-refractivity contribution is -0.0861. The Labute approximate surface area is 123 Å². The predicted molar refractivity (Wildman–Crippen MR) is 89.0 cm³/mol. The highest BCUT2D eigenvalue weighted by molar-refractivity contribution is 7.08. The highest BCUT2D eigenvalue weighted by atomic mass is 29.4. The molecule has 3 nitrogen and oxygen atoms in total. The number of fused-ring (bicyclic) bond motifs is 2. The third-order valence-electron chi connectivity index (χ3n) is 3.24. The summed E-state index contributed by atoms with van der Waals surface area (Å²) in [6.45, 7) is 2.16. The zero-order chi connectivity index (χ0) is 13.8. The molecule has 0 radical (unpaired) electrons. The molecule has 4 rings (SSSR count). The zero-order valence-corrected chi connectivity index (χ0v) is 15.0. The number of rotatable bonds is 0. The van der Waals surface area contributed by atoms with Gasteiger partial charge in [0.15, 0.2) is 0 Å². The molecule has 6 heteroatoms. The van der Waals surface area contributed by atoms with Gasteiger partial charge in [-0.15, -0.1) is 0 Å². The summed E-state index contributed by atoms with van der Waals surface area (Å²) in [5, 5.41) is 2.49. The first kappa shape index (κ1) is 13.5. The van der Waals surface area contributed by atoms with E-state index in [4.69, 9.17) is 0 Å². The van der Waals surface area contributed by atoms with Crippen molar-refractivity contribution in [2.75, 3.05) is 0 Å². The lowest BCUT2D eigenvalue weighted by Crippen LogP contribution is -1.86. The van der Waals surface area contributed by atoms with E-state index in [0.29, 0.717) is 17.0 Å². The second-order valence-electron chi connectivity index (χ2n) is 4.52. The Bertz CT molecular complexity index is 717. The average Bonchev–Trinajstić information content (AvgIpc) is 3.07. The zero-order valence-electron chi connectivity index (χ0n) is 11.2. The maximum atomic E-state index is 4.66. The predicted octanol–water partition coefficient (Wildman–Crippen LogP) is 1.35. The van der Waals surface area contributed by atoms with Crippen molar-refractivity contribution in [3.05, 3.63) is 54.1 Å². The molecule has 2 heterocycles. The molecule has 1 aliphatic heterocycles. The van der Waals surface area contributed by atoms with Gasteiger partial charge in [0.1, 0.15) is 0 Å². The van der Waals surface area contributed by atoms with Crippen molar-refractivity contribution in [2.24, 2.45) is 0 Å². The van der Waals surface area contributed by atoms with E-state index >= 15 is 0 Å². The summed E-state index contributed by atoms with van der Waals surface area (Å²) in [5.41, 5.74) is 3.47. The molecule has 0 N–H and O–H groups in total. The van der Waals surface area contributed by atoms with Gasteiger partial charge in [-0.3, -0.25) is 4.58 Å². The van der Waals surface area contributed by atoms with Crippen molar-refractivity contribution < 1.29 is 9.15 Å². The second-order valence-corrected chi connectivity index (χ2v) is 13.5. The van der Waals surface area contributed by atoms with E-state index in [1.807, 2.05) is 12.1 Å². The maximum absolute atomic E-state index is 4.66. The van der Waals surface area contributed by atoms with E-state index in [0.717, 1.165) is 11.0 Å². The number of hydrogen-bond acceptors (Lipinski definition) is 3. The highest BCUT2D eigenvalue weighted by Gasteiger charge is 2.03. The minimum absolute atomic E-state index is 0.0586. The van der Waals surface area contributed by atoms with Crippen LogP contribution in [0.3, 0.4) is 0 Å². The van der Waals surface area contributed by atoms with Crippen molar-refractivity contribution in [1.29, 1.82) is 0 Å². The first-order valence-corrected chi connectivity index (χ1v) is 13.5. The molecule has 0 fully saturated rings. The van der Waals surface area contributed by atoms with Gasteiger partial charge in [0, 0.05) is 18.9 Å². The van der Waals surface area contributed by atoms with Crippen LogP contribution in [0.2, 0.25) is 0 Å². The Morgan fingerprint density at radius 3 is 2.00 bits per heavy atom. The molecule has 0 amide bonds. The lowest BCUT2D eigenvalue weighted by atomic mass is 10.0. The maximum Gasteiger partial charge on any atom is 0.236 e. The van der Waals surface area contributed by atoms with Crippen molar-refractivity contribution in [3.8, 4) is 0 Å². The molecule has 0 atom stereocenters. The van der Waals surface area contributed by atoms with Crippen LogP contribution in [0.5, 0.6) is 0 Å². The second kappa shape index (κ2) is 6.31. The van der Waals surface area contributed by atoms with E-state index in [1.165, 1.54) is 16.3 Å². The monoisotopic (exact) mass is 313 g/mol. The van der Waals surface area contributed by atoms with E-state index in [2.05, 4.69) is 57.5 Å². The normalized spacial score (nSPS) is 14.2. The minimum Gasteiger partial charge on any atom is -0.432 e. The molecule has 0 saturated carbocycles. The molecular weight excluding hydrogens is 298 g/mol. The first-order chi connectivity index (χ1) is 9.86. The van der Waals surface area contributed by atoms with Crippen LogP contribution in [0, 0.1) is 6.92 Å². The van der Waals surface area contributed by atoms with Gasteiger partial charge < -0.3 is 4.58 Å². The number of para-hydroxylation sites is 2. The third-order valence-corrected chi connectivity index (χ3v) is 9.78. The number of aryl methyl sites for hydroxylation is 1. The van der Waals surface area contributed by atoms with Crippen molar-refractivity contribution in [1.82, 2.24) is 4.98 Å². The quantitative estimate of drug-likeness (QED) is 0.357. The molecule has 1 aromatic heterocycles. The van der Waals surface area contributed by atoms with Gasteiger partial charge in [-0.1, -0.05) is 36.4 Å². The van der Waals surface area contributed by atoms with E-state index in [-0.39, 0.29) is 9.28 Å². The van der Waals surface area contributed by atoms with E-state index in [9.17, 15) is 0 Å². The Morgan fingerprint density at radius 1 is 0.950 bits per heavy atom. The Kier molecular flexibility index (Phi) is 4.26. The summed E-state index contributed by atoms with van der Waals surface area (Å²) in [6, 6.07) is 16.6. The molecule has 3 aromatic rings. The van der Waals surface area contributed by atoms with Gasteiger partial charge in [0.25, 0.3) is 0 Å². The number of nitrogens with zero attached hydrogens (tertiary/aromatic N) is 1. The summed E-state index contributed by atoms with van der Waals surface area (Å²) in [7, 11) is 0.994. The smallest absolute Gasteiger partial charge is 0.236 e. The lowest BCUT2D eigenvalue weighted by Gasteiger charge is -2.05. The third kappa shape index (κ3) is 2.83. The average molecular weight is 314 g/mol. The largest absolute Gasteiger partial charge is 0.432 e. The Balaban J connectivity index is 0.000000205. The van der Waals surface area contributed by atoms with Crippen LogP contribution in [-0.2, 0) is 9.15 Å². The standard InChI is InChI=1S/C14H11N.H4O2Si3/c1-10-11-6-2-4-8-13(11)15-14-9-5-3-7-12(10)14;1-2-4-5-3-1/h2-9H,1H3;3,5H,4H2. The first-order valence-electron chi connectivity index (χ1n) is 6.53. The van der Waals surface area contributed by atoms with Crippen LogP contribution in [0.4, 0.5) is 0 Å². The minimum atomic E-state index is -0.0586. The fraction of sp³-hybridized carbons (Fsp3) is 0.0714. The molecule has 20 heavy (non-hydrogen) atoms. The molecule has 0 aliphatic carbocycles. The number of pyridine rings is 1. The summed E-state index contributed by atoms with van der Waals surface area (Å²) in [6.07, 6.45) is 0. The molecule has 0 saturated heterocycles. The number of benzene rings is 2. The Hall–Kier alpha value is -1.48. The van der Waals surface area contributed by atoms with Gasteiger partial charge >= 0.3 is 0 Å². The highest BCUT2D eigenvalue weighted by Crippen LogP contribution is 2.24. The molecule has 0 spiro atoms. The van der Waals surface area contributed by atoms with Crippen molar-refractivity contribution in [3.63, 3.8) is 0 Å². The van der Waals surface area contributed by atoms with Crippen LogP contribution in [0.1, 0.15) is 5.56 Å². The molecule has 100 valence electrons. The topological polar surface area (TPSA) is 31.4 Å². The van der Waals surface area contributed by atoms with E-state index < -0.39 is 0 Å². The molecule has 2 aromatic carbocycles. The fourth-order valence-electron chi connectivity index (χ4n) is 2.25. The van der Waals surface area contributed by atoms with Crippen molar-refractivity contribution in [2.45, 2.75) is 6.92 Å². The SMILES string of the molecule is Cc1c2ccccc2nc2ccccc12.O1O[SiH2][SiH]=[SiH]1. The summed E-state index contributed by atoms with van der Waals surface area (Å²) < 4.78 is 9.28. The van der Waals surface area contributed by atoms with Crippen LogP contribution in [0.15, 0.2) is 48.5 Å². The number of aromatic nitrogens is 1. The molecule has 1 aliphatic rings. The Morgan fingerprint density at radius 2 is 1.55 bits per heavy atom.